The van der Waals surface area contributed by atoms with Gasteiger partial charge in [-0.1, -0.05) is 6.92 Å². The first-order valence-electron chi connectivity index (χ1n) is 3.17. The second-order valence-electron chi connectivity index (χ2n) is 2.28. The van der Waals surface area contributed by atoms with Gasteiger partial charge in [0.1, 0.15) is 0 Å². The van der Waals surface area contributed by atoms with Crippen molar-refractivity contribution in [1.29, 1.82) is 0 Å². The quantitative estimate of drug-likeness (QED) is 0.427. The SMILES string of the molecule is CCC(=O)NC(C)(S)C(=O)O. The molecule has 0 aliphatic rings. The molecule has 0 bridgehead atoms. The fraction of sp³-hybridized carbons (Fsp3) is 0.667. The smallest absolute Gasteiger partial charge is 0.339 e. The topological polar surface area (TPSA) is 66.4 Å². The summed E-state index contributed by atoms with van der Waals surface area (Å²) in [7, 11) is 0. The first-order chi connectivity index (χ1) is 4.90. The van der Waals surface area contributed by atoms with Crippen LogP contribution in [-0.4, -0.2) is 21.9 Å². The lowest BCUT2D eigenvalue weighted by Crippen LogP contribution is -2.47. The Kier molecular flexibility index (Phi) is 3.38. The predicted octanol–water partition coefficient (Wildman–Crippen LogP) is 0.243. The summed E-state index contributed by atoms with van der Waals surface area (Å²) < 4.78 is 0. The minimum Gasteiger partial charge on any atom is -0.479 e. The zero-order valence-electron chi connectivity index (χ0n) is 6.42. The highest BCUT2D eigenvalue weighted by molar-refractivity contribution is 7.82. The molecule has 11 heavy (non-hydrogen) atoms. The van der Waals surface area contributed by atoms with Crippen molar-refractivity contribution in [3.8, 4) is 0 Å². The lowest BCUT2D eigenvalue weighted by molar-refractivity contribution is -0.142. The van der Waals surface area contributed by atoms with E-state index in [-0.39, 0.29) is 12.3 Å². The summed E-state index contributed by atoms with van der Waals surface area (Å²) in [5.41, 5.74) is 0. The lowest BCUT2D eigenvalue weighted by atomic mass is 10.3. The molecule has 64 valence electrons. The molecule has 0 aliphatic carbocycles. The standard InChI is InChI=1S/C6H11NO3S/c1-3-4(8)7-6(2,11)5(9)10/h11H,3H2,1-2H3,(H,7,8)(H,9,10). The number of amides is 1. The van der Waals surface area contributed by atoms with Crippen molar-refractivity contribution in [2.45, 2.75) is 25.1 Å². The zero-order valence-corrected chi connectivity index (χ0v) is 7.31. The predicted molar refractivity (Wildman–Crippen MR) is 43.5 cm³/mol. The minimum absolute atomic E-state index is 0.253. The molecule has 1 unspecified atom stereocenters. The van der Waals surface area contributed by atoms with Gasteiger partial charge >= 0.3 is 5.97 Å². The van der Waals surface area contributed by atoms with Crippen molar-refractivity contribution < 1.29 is 14.7 Å². The van der Waals surface area contributed by atoms with Gasteiger partial charge in [0.05, 0.1) is 0 Å². The maximum atomic E-state index is 10.7. The number of thiol groups is 1. The Labute approximate surface area is 70.4 Å². The molecule has 1 amide bonds. The van der Waals surface area contributed by atoms with Crippen LogP contribution < -0.4 is 5.32 Å². The molecule has 0 fully saturated rings. The van der Waals surface area contributed by atoms with Crippen LogP contribution in [0.25, 0.3) is 0 Å². The first-order valence-corrected chi connectivity index (χ1v) is 3.61. The second-order valence-corrected chi connectivity index (χ2v) is 3.17. The average Bonchev–Trinajstić information content (AvgIpc) is 1.86. The molecule has 1 atom stereocenters. The van der Waals surface area contributed by atoms with Gasteiger partial charge in [-0.3, -0.25) is 4.79 Å². The van der Waals surface area contributed by atoms with E-state index in [2.05, 4.69) is 17.9 Å². The van der Waals surface area contributed by atoms with E-state index in [1.54, 1.807) is 6.92 Å². The van der Waals surface area contributed by atoms with E-state index in [0.29, 0.717) is 0 Å². The highest BCUT2D eigenvalue weighted by Crippen LogP contribution is 2.08. The molecule has 0 aromatic carbocycles. The number of hydrogen-bond donors (Lipinski definition) is 3. The minimum atomic E-state index is -1.47. The van der Waals surface area contributed by atoms with Crippen molar-refractivity contribution in [3.05, 3.63) is 0 Å². The van der Waals surface area contributed by atoms with Gasteiger partial charge < -0.3 is 10.4 Å². The molecule has 2 N–H and O–H groups in total. The normalized spacial score (nSPS) is 15.2. The largest absolute Gasteiger partial charge is 0.479 e. The van der Waals surface area contributed by atoms with Gasteiger partial charge in [0.25, 0.3) is 0 Å². The van der Waals surface area contributed by atoms with Crippen LogP contribution in [0.3, 0.4) is 0 Å². The number of carbonyl (C=O) groups is 2. The Morgan fingerprint density at radius 1 is 1.64 bits per heavy atom. The Morgan fingerprint density at radius 3 is 2.36 bits per heavy atom. The maximum absolute atomic E-state index is 10.7. The summed E-state index contributed by atoms with van der Waals surface area (Å²) in [4.78, 5) is 19.6. The van der Waals surface area contributed by atoms with Gasteiger partial charge in [0.2, 0.25) is 5.91 Å². The van der Waals surface area contributed by atoms with Crippen LogP contribution in [0, 0.1) is 0 Å². The van der Waals surface area contributed by atoms with Crippen molar-refractivity contribution in [2.24, 2.45) is 0 Å². The third-order valence-corrected chi connectivity index (χ3v) is 1.42. The van der Waals surface area contributed by atoms with E-state index in [9.17, 15) is 9.59 Å². The molecule has 0 spiro atoms. The fourth-order valence-corrected chi connectivity index (χ4v) is 0.538. The molecular weight excluding hydrogens is 166 g/mol. The van der Waals surface area contributed by atoms with E-state index in [1.165, 1.54) is 6.92 Å². The highest BCUT2D eigenvalue weighted by Gasteiger charge is 2.29. The molecule has 0 heterocycles. The Balaban J connectivity index is 4.12. The van der Waals surface area contributed by atoms with Crippen LogP contribution in [0.15, 0.2) is 0 Å². The molecule has 0 radical (unpaired) electrons. The van der Waals surface area contributed by atoms with Crippen LogP contribution in [0.2, 0.25) is 0 Å². The van der Waals surface area contributed by atoms with Crippen molar-refractivity contribution >= 4 is 24.5 Å². The van der Waals surface area contributed by atoms with E-state index >= 15 is 0 Å². The number of aliphatic carboxylic acids is 1. The van der Waals surface area contributed by atoms with Crippen molar-refractivity contribution in [1.82, 2.24) is 5.32 Å². The summed E-state index contributed by atoms with van der Waals surface area (Å²) in [6.07, 6.45) is 0.253. The molecule has 0 rings (SSSR count). The summed E-state index contributed by atoms with van der Waals surface area (Å²) >= 11 is 3.74. The first kappa shape index (κ1) is 10.3. The van der Waals surface area contributed by atoms with E-state index in [1.807, 2.05) is 0 Å². The summed E-state index contributed by atoms with van der Waals surface area (Å²) in [5, 5.41) is 10.7. The van der Waals surface area contributed by atoms with Crippen molar-refractivity contribution in [3.63, 3.8) is 0 Å². The van der Waals surface area contributed by atoms with Gasteiger partial charge in [0, 0.05) is 6.42 Å². The van der Waals surface area contributed by atoms with Crippen molar-refractivity contribution in [2.75, 3.05) is 0 Å². The van der Waals surface area contributed by atoms with Crippen LogP contribution in [0.4, 0.5) is 0 Å². The Bertz CT molecular complexity index is 179. The number of carboxylic acid groups (broad SMARTS) is 1. The number of nitrogens with one attached hydrogen (secondary N) is 1. The van der Waals surface area contributed by atoms with Gasteiger partial charge in [-0.15, -0.1) is 12.6 Å². The van der Waals surface area contributed by atoms with Crippen LogP contribution >= 0.6 is 12.6 Å². The van der Waals surface area contributed by atoms with E-state index < -0.39 is 10.8 Å². The summed E-state index contributed by atoms with van der Waals surface area (Å²) in [6.45, 7) is 2.95. The number of hydrogen-bond acceptors (Lipinski definition) is 3. The molecule has 4 nitrogen and oxygen atoms in total. The number of carbonyl (C=O) groups excluding carboxylic acids is 1. The van der Waals surface area contributed by atoms with Crippen LogP contribution in [0.1, 0.15) is 20.3 Å². The third-order valence-electron chi connectivity index (χ3n) is 1.12. The highest BCUT2D eigenvalue weighted by atomic mass is 32.1. The lowest BCUT2D eigenvalue weighted by Gasteiger charge is -2.19. The van der Waals surface area contributed by atoms with Gasteiger partial charge in [-0.05, 0) is 6.92 Å². The summed E-state index contributed by atoms with van der Waals surface area (Å²) in [6, 6.07) is 0. The average molecular weight is 177 g/mol. The van der Waals surface area contributed by atoms with Crippen LogP contribution in [0.5, 0.6) is 0 Å². The molecule has 0 aliphatic heterocycles. The fourth-order valence-electron chi connectivity index (χ4n) is 0.413. The third kappa shape index (κ3) is 3.27. The maximum Gasteiger partial charge on any atom is 0.339 e. The zero-order chi connectivity index (χ0) is 9.07. The number of carboxylic acids is 1. The van der Waals surface area contributed by atoms with E-state index in [4.69, 9.17) is 5.11 Å². The van der Waals surface area contributed by atoms with Gasteiger partial charge in [-0.25, -0.2) is 4.79 Å². The number of rotatable bonds is 3. The Hall–Kier alpha value is -0.710. The molecular formula is C6H11NO3S. The molecule has 0 saturated carbocycles. The molecule has 0 aromatic heterocycles. The van der Waals surface area contributed by atoms with Gasteiger partial charge in [-0.2, -0.15) is 0 Å². The van der Waals surface area contributed by atoms with E-state index in [0.717, 1.165) is 0 Å². The Morgan fingerprint density at radius 2 is 2.09 bits per heavy atom. The van der Waals surface area contributed by atoms with Gasteiger partial charge in [0.15, 0.2) is 4.87 Å². The second kappa shape index (κ2) is 3.61. The molecule has 5 heteroatoms. The molecule has 0 saturated heterocycles. The van der Waals surface area contributed by atoms with Crippen LogP contribution in [-0.2, 0) is 9.59 Å². The monoisotopic (exact) mass is 177 g/mol. The summed E-state index contributed by atoms with van der Waals surface area (Å²) in [5.74, 6) is -1.49. The molecule has 0 aromatic rings.